The molecule has 1 atom stereocenters. The summed E-state index contributed by atoms with van der Waals surface area (Å²) in [5, 5.41) is -0.872. The van der Waals surface area contributed by atoms with E-state index >= 15 is 0 Å². The number of nitrogens with zero attached hydrogens (tertiary/aromatic N) is 3. The number of rotatable bonds is 2. The fraction of sp³-hybridized carbons (Fsp3) is 0.375. The van der Waals surface area contributed by atoms with Gasteiger partial charge in [0.25, 0.3) is 0 Å². The molecule has 8 heteroatoms. The standard InChI is InChI=1S/C8H8ClN3O3S/c9-16(14,15)6-3-8(13)12(5-6)7-4-10-1-2-11-7/h1-2,4,6H,3,5H2. The van der Waals surface area contributed by atoms with Gasteiger partial charge in [-0.2, -0.15) is 0 Å². The topological polar surface area (TPSA) is 80.2 Å². The molecule has 0 saturated carbocycles. The van der Waals surface area contributed by atoms with Gasteiger partial charge >= 0.3 is 0 Å². The summed E-state index contributed by atoms with van der Waals surface area (Å²) >= 11 is 0. The lowest BCUT2D eigenvalue weighted by molar-refractivity contribution is -0.117. The number of aromatic nitrogens is 2. The molecule has 2 rings (SSSR count). The fourth-order valence-electron chi connectivity index (χ4n) is 1.52. The normalized spacial score (nSPS) is 21.4. The van der Waals surface area contributed by atoms with Gasteiger partial charge in [0.05, 0.1) is 6.20 Å². The van der Waals surface area contributed by atoms with Crippen molar-refractivity contribution < 1.29 is 13.2 Å². The molecule has 1 aromatic rings. The zero-order valence-electron chi connectivity index (χ0n) is 8.08. The summed E-state index contributed by atoms with van der Waals surface area (Å²) in [5.74, 6) is 0.0324. The third-order valence-electron chi connectivity index (χ3n) is 2.31. The van der Waals surface area contributed by atoms with Crippen LogP contribution in [0.25, 0.3) is 0 Å². The minimum Gasteiger partial charge on any atom is -0.294 e. The molecule has 1 aromatic heterocycles. The van der Waals surface area contributed by atoms with Crippen molar-refractivity contribution in [3.05, 3.63) is 18.6 Å². The van der Waals surface area contributed by atoms with Crippen LogP contribution in [0.15, 0.2) is 18.6 Å². The van der Waals surface area contributed by atoms with Gasteiger partial charge < -0.3 is 0 Å². The summed E-state index contributed by atoms with van der Waals surface area (Å²) in [4.78, 5) is 20.6. The van der Waals surface area contributed by atoms with Crippen molar-refractivity contribution in [1.29, 1.82) is 0 Å². The summed E-state index contributed by atoms with van der Waals surface area (Å²) < 4.78 is 22.2. The average Bonchev–Trinajstić information content (AvgIpc) is 2.61. The number of hydrogen-bond acceptors (Lipinski definition) is 5. The van der Waals surface area contributed by atoms with E-state index in [4.69, 9.17) is 10.7 Å². The number of carbonyl (C=O) groups is 1. The highest BCUT2D eigenvalue weighted by Crippen LogP contribution is 2.24. The highest BCUT2D eigenvalue weighted by molar-refractivity contribution is 8.14. The summed E-state index contributed by atoms with van der Waals surface area (Å²) in [5.41, 5.74) is 0. The lowest BCUT2D eigenvalue weighted by Crippen LogP contribution is -2.27. The second-order valence-corrected chi connectivity index (χ2v) is 6.28. The van der Waals surface area contributed by atoms with Crippen molar-refractivity contribution in [3.63, 3.8) is 0 Å². The molecule has 0 aliphatic carbocycles. The Morgan fingerprint density at radius 1 is 1.44 bits per heavy atom. The minimum atomic E-state index is -3.71. The molecule has 0 spiro atoms. The van der Waals surface area contributed by atoms with Gasteiger partial charge in [-0.1, -0.05) is 0 Å². The molecule has 0 bridgehead atoms. The summed E-state index contributed by atoms with van der Waals surface area (Å²) in [6, 6.07) is 0. The summed E-state index contributed by atoms with van der Waals surface area (Å²) in [6.45, 7) is 0.0311. The van der Waals surface area contributed by atoms with Crippen LogP contribution in [0, 0.1) is 0 Å². The maximum Gasteiger partial charge on any atom is 0.237 e. The molecule has 6 nitrogen and oxygen atoms in total. The van der Waals surface area contributed by atoms with Gasteiger partial charge in [-0.25, -0.2) is 13.4 Å². The SMILES string of the molecule is O=C1CC(S(=O)(=O)Cl)CN1c1cnccn1. The smallest absolute Gasteiger partial charge is 0.237 e. The second kappa shape index (κ2) is 3.99. The van der Waals surface area contributed by atoms with E-state index in [0.717, 1.165) is 0 Å². The van der Waals surface area contributed by atoms with E-state index in [1.165, 1.54) is 23.5 Å². The molecule has 1 unspecified atom stereocenters. The molecule has 0 N–H and O–H groups in total. The largest absolute Gasteiger partial charge is 0.294 e. The Labute approximate surface area is 96.7 Å². The Balaban J connectivity index is 2.25. The van der Waals surface area contributed by atoms with Gasteiger partial charge in [0, 0.05) is 36.0 Å². The maximum atomic E-state index is 11.6. The van der Waals surface area contributed by atoms with Gasteiger partial charge in [0.1, 0.15) is 5.25 Å². The zero-order chi connectivity index (χ0) is 11.8. The maximum absolute atomic E-state index is 11.6. The lowest BCUT2D eigenvalue weighted by atomic mass is 10.4. The van der Waals surface area contributed by atoms with Crippen LogP contribution in [0.4, 0.5) is 5.82 Å². The van der Waals surface area contributed by atoms with E-state index in [-0.39, 0.29) is 18.9 Å². The molecule has 86 valence electrons. The van der Waals surface area contributed by atoms with Crippen molar-refractivity contribution in [2.45, 2.75) is 11.7 Å². The Morgan fingerprint density at radius 3 is 2.69 bits per heavy atom. The van der Waals surface area contributed by atoms with E-state index in [9.17, 15) is 13.2 Å². The first-order chi connectivity index (χ1) is 7.48. The quantitative estimate of drug-likeness (QED) is 0.708. The van der Waals surface area contributed by atoms with E-state index in [0.29, 0.717) is 5.82 Å². The summed E-state index contributed by atoms with van der Waals surface area (Å²) in [7, 11) is 1.50. The van der Waals surface area contributed by atoms with Crippen LogP contribution in [0.3, 0.4) is 0 Å². The number of amides is 1. The van der Waals surface area contributed by atoms with E-state index < -0.39 is 14.3 Å². The molecule has 1 aliphatic heterocycles. The third-order valence-corrected chi connectivity index (χ3v) is 4.18. The third kappa shape index (κ3) is 2.14. The van der Waals surface area contributed by atoms with Crippen LogP contribution in [0.5, 0.6) is 0 Å². The van der Waals surface area contributed by atoms with E-state index in [1.807, 2.05) is 0 Å². The molecule has 2 heterocycles. The van der Waals surface area contributed by atoms with Crippen molar-refractivity contribution >= 4 is 31.5 Å². The molecule has 1 fully saturated rings. The van der Waals surface area contributed by atoms with Crippen LogP contribution in [0.1, 0.15) is 6.42 Å². The lowest BCUT2D eigenvalue weighted by Gasteiger charge is -2.13. The second-order valence-electron chi connectivity index (χ2n) is 3.37. The van der Waals surface area contributed by atoms with Crippen LogP contribution in [-0.4, -0.2) is 36.1 Å². The predicted octanol–water partition coefficient (Wildman–Crippen LogP) is 0.150. The van der Waals surface area contributed by atoms with Gasteiger partial charge in [-0.05, 0) is 0 Å². The molecule has 16 heavy (non-hydrogen) atoms. The van der Waals surface area contributed by atoms with Crippen LogP contribution < -0.4 is 4.90 Å². The first-order valence-corrected chi connectivity index (χ1v) is 6.85. The van der Waals surface area contributed by atoms with Crippen molar-refractivity contribution in [2.24, 2.45) is 0 Å². The molecule has 1 aliphatic rings. The van der Waals surface area contributed by atoms with Crippen LogP contribution in [-0.2, 0) is 13.8 Å². The van der Waals surface area contributed by atoms with Crippen LogP contribution in [0.2, 0.25) is 0 Å². The Morgan fingerprint density at radius 2 is 2.19 bits per heavy atom. The fourth-order valence-corrected chi connectivity index (χ4v) is 2.54. The highest BCUT2D eigenvalue weighted by Gasteiger charge is 2.38. The van der Waals surface area contributed by atoms with Gasteiger partial charge in [-0.15, -0.1) is 0 Å². The van der Waals surface area contributed by atoms with Gasteiger partial charge in [-0.3, -0.25) is 14.7 Å². The summed E-state index contributed by atoms with van der Waals surface area (Å²) in [6.07, 6.45) is 4.20. The number of anilines is 1. The monoisotopic (exact) mass is 261 g/mol. The van der Waals surface area contributed by atoms with Crippen molar-refractivity contribution in [3.8, 4) is 0 Å². The number of halogens is 1. The molecular formula is C8H8ClN3O3S. The van der Waals surface area contributed by atoms with Gasteiger partial charge in [0.2, 0.25) is 15.0 Å². The van der Waals surface area contributed by atoms with Crippen molar-refractivity contribution in [1.82, 2.24) is 9.97 Å². The number of hydrogen-bond donors (Lipinski definition) is 0. The minimum absolute atomic E-state index is 0.0311. The molecular weight excluding hydrogens is 254 g/mol. The molecule has 0 aromatic carbocycles. The number of carbonyl (C=O) groups excluding carboxylic acids is 1. The zero-order valence-corrected chi connectivity index (χ0v) is 9.65. The Bertz CT molecular complexity index is 505. The Hall–Kier alpha value is -1.21. The highest BCUT2D eigenvalue weighted by atomic mass is 35.7. The predicted molar refractivity (Wildman–Crippen MR) is 57.6 cm³/mol. The first-order valence-electron chi connectivity index (χ1n) is 4.48. The molecule has 1 saturated heterocycles. The van der Waals surface area contributed by atoms with Crippen LogP contribution >= 0.6 is 10.7 Å². The average molecular weight is 262 g/mol. The van der Waals surface area contributed by atoms with Gasteiger partial charge in [0.15, 0.2) is 5.82 Å². The van der Waals surface area contributed by atoms with E-state index in [2.05, 4.69) is 9.97 Å². The molecule has 0 radical (unpaired) electrons. The van der Waals surface area contributed by atoms with Crippen molar-refractivity contribution in [2.75, 3.05) is 11.4 Å². The molecule has 1 amide bonds. The Kier molecular flexibility index (Phi) is 2.81. The first kappa shape index (κ1) is 11.3. The van der Waals surface area contributed by atoms with E-state index in [1.54, 1.807) is 0 Å².